The number of hydrogen-bond donors (Lipinski definition) is 1. The molecule has 0 radical (unpaired) electrons. The molecule has 5 heterocycles. The van der Waals surface area contributed by atoms with E-state index in [1.165, 1.54) is 18.2 Å². The predicted molar refractivity (Wildman–Crippen MR) is 129 cm³/mol. The molecule has 0 bridgehead atoms. The normalized spacial score (nSPS) is 23.7. The SMILES string of the molecule is Fc1ccc(F)c(C23C[C@@H]2CCN3c2nn3cccnc3c2-c2ccc(N3CCNCC3)cn2)c1. The molecule has 7 rings (SSSR count). The molecule has 9 heteroatoms. The summed E-state index contributed by atoms with van der Waals surface area (Å²) in [5, 5.41) is 8.26. The summed E-state index contributed by atoms with van der Waals surface area (Å²) in [6, 6.07) is 9.70. The number of nitrogens with zero attached hydrogens (tertiary/aromatic N) is 6. The highest BCUT2D eigenvalue weighted by Gasteiger charge is 2.65. The van der Waals surface area contributed by atoms with Crippen molar-refractivity contribution in [1.29, 1.82) is 0 Å². The number of piperidine rings is 1. The van der Waals surface area contributed by atoms with E-state index < -0.39 is 11.4 Å². The maximum Gasteiger partial charge on any atom is 0.166 e. The van der Waals surface area contributed by atoms with Crippen molar-refractivity contribution in [2.24, 2.45) is 5.92 Å². The largest absolute Gasteiger partial charge is 0.368 e. The first-order valence-electron chi connectivity index (χ1n) is 12.1. The van der Waals surface area contributed by atoms with Crippen LogP contribution >= 0.6 is 0 Å². The van der Waals surface area contributed by atoms with E-state index in [1.807, 2.05) is 24.5 Å². The third kappa shape index (κ3) is 3.14. The molecule has 1 saturated carbocycles. The summed E-state index contributed by atoms with van der Waals surface area (Å²) >= 11 is 0. The average molecular weight is 474 g/mol. The predicted octanol–water partition coefficient (Wildman–Crippen LogP) is 3.60. The van der Waals surface area contributed by atoms with Gasteiger partial charge in [-0.25, -0.2) is 18.3 Å². The van der Waals surface area contributed by atoms with E-state index in [0.717, 1.165) is 68.3 Å². The number of nitrogens with one attached hydrogen (secondary N) is 1. The Morgan fingerprint density at radius 2 is 1.91 bits per heavy atom. The number of piperazine rings is 1. The van der Waals surface area contributed by atoms with Gasteiger partial charge in [-0.3, -0.25) is 4.98 Å². The molecule has 35 heavy (non-hydrogen) atoms. The molecule has 3 fully saturated rings. The Morgan fingerprint density at radius 3 is 2.71 bits per heavy atom. The van der Waals surface area contributed by atoms with Crippen molar-refractivity contribution in [3.63, 3.8) is 0 Å². The van der Waals surface area contributed by atoms with Crippen molar-refractivity contribution >= 4 is 17.2 Å². The van der Waals surface area contributed by atoms with E-state index in [4.69, 9.17) is 10.1 Å². The fourth-order valence-corrected chi connectivity index (χ4v) is 6.01. The van der Waals surface area contributed by atoms with Crippen molar-refractivity contribution in [3.8, 4) is 11.3 Å². The van der Waals surface area contributed by atoms with E-state index in [9.17, 15) is 8.78 Å². The van der Waals surface area contributed by atoms with Crippen LogP contribution in [0.2, 0.25) is 0 Å². The Hall–Kier alpha value is -3.59. The van der Waals surface area contributed by atoms with Gasteiger partial charge < -0.3 is 15.1 Å². The molecule has 1 aromatic carbocycles. The fraction of sp³-hybridized carbons (Fsp3) is 0.346. The average Bonchev–Trinajstić information content (AvgIpc) is 3.32. The number of halogens is 2. The van der Waals surface area contributed by atoms with Gasteiger partial charge in [0.25, 0.3) is 0 Å². The molecule has 0 spiro atoms. The molecule has 3 aromatic heterocycles. The first-order chi connectivity index (χ1) is 17.1. The highest BCUT2D eigenvalue weighted by Crippen LogP contribution is 2.64. The maximum atomic E-state index is 15.0. The summed E-state index contributed by atoms with van der Waals surface area (Å²) in [5.74, 6) is 0.195. The third-order valence-corrected chi connectivity index (χ3v) is 7.77. The van der Waals surface area contributed by atoms with E-state index in [0.29, 0.717) is 11.2 Å². The Labute approximate surface area is 201 Å². The molecule has 1 N–H and O–H groups in total. The molecule has 2 atom stereocenters. The van der Waals surface area contributed by atoms with Crippen LogP contribution in [0, 0.1) is 17.6 Å². The summed E-state index contributed by atoms with van der Waals surface area (Å²) in [5.41, 5.74) is 3.21. The first-order valence-corrected chi connectivity index (χ1v) is 12.1. The number of pyridine rings is 1. The van der Waals surface area contributed by atoms with Crippen molar-refractivity contribution in [3.05, 3.63) is 72.2 Å². The quantitative estimate of drug-likeness (QED) is 0.489. The van der Waals surface area contributed by atoms with E-state index in [2.05, 4.69) is 26.2 Å². The molecule has 1 unspecified atom stereocenters. The lowest BCUT2D eigenvalue weighted by molar-refractivity contribution is 0.543. The molecular formula is C26H25F2N7. The second-order valence-corrected chi connectivity index (χ2v) is 9.61. The molecule has 2 aliphatic heterocycles. The lowest BCUT2D eigenvalue weighted by Crippen LogP contribution is -2.43. The second-order valence-electron chi connectivity index (χ2n) is 9.61. The number of anilines is 2. The second kappa shape index (κ2) is 7.71. The van der Waals surface area contributed by atoms with Crippen LogP contribution in [0.15, 0.2) is 55.0 Å². The van der Waals surface area contributed by atoms with Gasteiger partial charge in [0.15, 0.2) is 11.5 Å². The number of benzene rings is 1. The van der Waals surface area contributed by atoms with Crippen LogP contribution in [0.1, 0.15) is 18.4 Å². The number of rotatable bonds is 4. The van der Waals surface area contributed by atoms with E-state index in [-0.39, 0.29) is 11.7 Å². The van der Waals surface area contributed by atoms with Gasteiger partial charge in [-0.05, 0) is 55.2 Å². The summed E-state index contributed by atoms with van der Waals surface area (Å²) in [4.78, 5) is 13.9. The van der Waals surface area contributed by atoms with Gasteiger partial charge in [0.05, 0.1) is 28.7 Å². The standard InChI is InChI=1S/C26H25F2N7/c27-18-2-4-21(28)20(14-18)26-15-17(26)6-11-34(26)25-23(24-30-7-1-10-35(24)32-25)22-5-3-19(16-31-22)33-12-8-29-9-13-33/h1-5,7,10,14,16-17,29H,6,8-9,11-13,15H2/t17-,26?/m0/s1. The van der Waals surface area contributed by atoms with Crippen LogP contribution in [0.5, 0.6) is 0 Å². The lowest BCUT2D eigenvalue weighted by atomic mass is 10.0. The fourth-order valence-electron chi connectivity index (χ4n) is 6.01. The molecule has 2 saturated heterocycles. The van der Waals surface area contributed by atoms with Gasteiger partial charge >= 0.3 is 0 Å². The van der Waals surface area contributed by atoms with Crippen molar-refractivity contribution in [2.75, 3.05) is 42.5 Å². The number of aromatic nitrogens is 4. The van der Waals surface area contributed by atoms with Crippen LogP contribution in [0.3, 0.4) is 0 Å². The Bertz CT molecular complexity index is 1410. The molecular weight excluding hydrogens is 448 g/mol. The Morgan fingerprint density at radius 1 is 1.03 bits per heavy atom. The zero-order chi connectivity index (χ0) is 23.6. The van der Waals surface area contributed by atoms with Crippen molar-refractivity contribution in [1.82, 2.24) is 24.9 Å². The highest BCUT2D eigenvalue weighted by molar-refractivity contribution is 5.87. The van der Waals surface area contributed by atoms with Gasteiger partial charge in [0.1, 0.15) is 11.6 Å². The van der Waals surface area contributed by atoms with E-state index in [1.54, 1.807) is 10.7 Å². The van der Waals surface area contributed by atoms with Crippen LogP contribution in [-0.4, -0.2) is 52.3 Å². The minimum atomic E-state index is -0.584. The van der Waals surface area contributed by atoms with Crippen LogP contribution in [-0.2, 0) is 5.54 Å². The van der Waals surface area contributed by atoms with Crippen molar-refractivity contribution < 1.29 is 8.78 Å². The van der Waals surface area contributed by atoms with Gasteiger partial charge in [-0.15, -0.1) is 5.10 Å². The molecule has 4 aromatic rings. The number of fused-ring (bicyclic) bond motifs is 2. The van der Waals surface area contributed by atoms with Crippen molar-refractivity contribution in [2.45, 2.75) is 18.4 Å². The minimum absolute atomic E-state index is 0.271. The molecule has 0 amide bonds. The maximum absolute atomic E-state index is 15.0. The third-order valence-electron chi connectivity index (χ3n) is 7.77. The smallest absolute Gasteiger partial charge is 0.166 e. The topological polar surface area (TPSA) is 61.6 Å². The number of hydrogen-bond acceptors (Lipinski definition) is 6. The molecule has 3 aliphatic rings. The van der Waals surface area contributed by atoms with Crippen LogP contribution in [0.4, 0.5) is 20.3 Å². The van der Waals surface area contributed by atoms with Gasteiger partial charge in [-0.2, -0.15) is 0 Å². The minimum Gasteiger partial charge on any atom is -0.368 e. The Balaban J connectivity index is 1.35. The summed E-state index contributed by atoms with van der Waals surface area (Å²) < 4.78 is 30.9. The van der Waals surface area contributed by atoms with Crippen LogP contribution in [0.25, 0.3) is 16.9 Å². The summed E-state index contributed by atoms with van der Waals surface area (Å²) in [6.07, 6.45) is 7.20. The highest BCUT2D eigenvalue weighted by atomic mass is 19.1. The summed E-state index contributed by atoms with van der Waals surface area (Å²) in [7, 11) is 0. The zero-order valence-electron chi connectivity index (χ0n) is 19.2. The molecule has 178 valence electrons. The molecule has 7 nitrogen and oxygen atoms in total. The summed E-state index contributed by atoms with van der Waals surface area (Å²) in [6.45, 7) is 4.52. The first kappa shape index (κ1) is 20.8. The van der Waals surface area contributed by atoms with Gasteiger partial charge in [0, 0.05) is 50.7 Å². The lowest BCUT2D eigenvalue weighted by Gasteiger charge is -2.30. The molecule has 1 aliphatic carbocycles. The van der Waals surface area contributed by atoms with E-state index >= 15 is 0 Å². The van der Waals surface area contributed by atoms with Gasteiger partial charge in [-0.1, -0.05) is 0 Å². The monoisotopic (exact) mass is 473 g/mol. The Kier molecular flexibility index (Phi) is 4.57. The van der Waals surface area contributed by atoms with Gasteiger partial charge in [0.2, 0.25) is 0 Å². The zero-order valence-corrected chi connectivity index (χ0v) is 19.2. The van der Waals surface area contributed by atoms with Crippen LogP contribution < -0.4 is 15.1 Å².